The van der Waals surface area contributed by atoms with E-state index in [0.717, 1.165) is 18.3 Å². The van der Waals surface area contributed by atoms with E-state index in [1.165, 1.54) is 0 Å². The molecule has 1 aromatic carbocycles. The third-order valence-corrected chi connectivity index (χ3v) is 3.14. The van der Waals surface area contributed by atoms with Crippen molar-refractivity contribution in [1.82, 2.24) is 4.98 Å². The fourth-order valence-corrected chi connectivity index (χ4v) is 2.14. The molecule has 0 fully saturated rings. The number of aromatic nitrogens is 1. The fraction of sp³-hybridized carbons (Fsp3) is 0.111. The van der Waals surface area contributed by atoms with Crippen molar-refractivity contribution in [2.45, 2.75) is 11.1 Å². The Morgan fingerprint density at radius 1 is 1.24 bits per heavy atom. The molecule has 0 saturated carbocycles. The summed E-state index contributed by atoms with van der Waals surface area (Å²) in [6.07, 6.45) is -3.62. The SMILES string of the molecule is O=S(=O)(O)c1c[nH]c2ccc(C(F)(F)F)cc12. The topological polar surface area (TPSA) is 70.2 Å². The molecule has 0 aliphatic heterocycles. The highest BCUT2D eigenvalue weighted by atomic mass is 32.2. The minimum Gasteiger partial charge on any atom is -0.360 e. The molecule has 17 heavy (non-hydrogen) atoms. The van der Waals surface area contributed by atoms with Crippen LogP contribution in [0.3, 0.4) is 0 Å². The summed E-state index contributed by atoms with van der Waals surface area (Å²) in [6, 6.07) is 2.61. The number of hydrogen-bond acceptors (Lipinski definition) is 2. The summed E-state index contributed by atoms with van der Waals surface area (Å²) >= 11 is 0. The van der Waals surface area contributed by atoms with Gasteiger partial charge in [-0.1, -0.05) is 0 Å². The van der Waals surface area contributed by atoms with E-state index in [1.54, 1.807) is 0 Å². The zero-order valence-electron chi connectivity index (χ0n) is 8.12. The Hall–Kier alpha value is -1.54. The molecule has 0 unspecified atom stereocenters. The molecule has 0 aliphatic carbocycles. The van der Waals surface area contributed by atoms with E-state index < -0.39 is 26.8 Å². The monoisotopic (exact) mass is 265 g/mol. The van der Waals surface area contributed by atoms with Crippen molar-refractivity contribution in [3.8, 4) is 0 Å². The Morgan fingerprint density at radius 2 is 1.88 bits per heavy atom. The molecule has 1 aromatic heterocycles. The predicted molar refractivity (Wildman–Crippen MR) is 53.1 cm³/mol. The summed E-state index contributed by atoms with van der Waals surface area (Å²) < 4.78 is 68.0. The summed E-state index contributed by atoms with van der Waals surface area (Å²) in [5, 5.41) is -0.192. The molecule has 0 saturated heterocycles. The van der Waals surface area contributed by atoms with Gasteiger partial charge in [0.2, 0.25) is 0 Å². The highest BCUT2D eigenvalue weighted by molar-refractivity contribution is 7.86. The average molecular weight is 265 g/mol. The zero-order chi connectivity index (χ0) is 12.8. The Bertz CT molecular complexity index is 672. The van der Waals surface area contributed by atoms with Crippen LogP contribution in [-0.2, 0) is 16.3 Å². The Labute approximate surface area is 93.8 Å². The van der Waals surface area contributed by atoms with Crippen LogP contribution in [0.1, 0.15) is 5.56 Å². The van der Waals surface area contributed by atoms with Crippen molar-refractivity contribution in [2.75, 3.05) is 0 Å². The average Bonchev–Trinajstić information content (AvgIpc) is 2.57. The smallest absolute Gasteiger partial charge is 0.360 e. The van der Waals surface area contributed by atoms with Gasteiger partial charge in [-0.15, -0.1) is 0 Å². The molecule has 0 amide bonds. The molecule has 1 heterocycles. The summed E-state index contributed by atoms with van der Waals surface area (Å²) in [6.45, 7) is 0. The van der Waals surface area contributed by atoms with Crippen LogP contribution in [0.5, 0.6) is 0 Å². The zero-order valence-corrected chi connectivity index (χ0v) is 8.93. The first-order chi connectivity index (χ1) is 7.69. The molecule has 0 bridgehead atoms. The van der Waals surface area contributed by atoms with Crippen LogP contribution in [0, 0.1) is 0 Å². The predicted octanol–water partition coefficient (Wildman–Crippen LogP) is 2.43. The standard InChI is InChI=1S/C9H6F3NO3S/c10-9(11,12)5-1-2-7-6(3-5)8(4-13-7)17(14,15)16/h1-4,13H,(H,14,15,16). The first-order valence-corrected chi connectivity index (χ1v) is 5.79. The number of alkyl halides is 3. The minimum absolute atomic E-state index is 0.192. The summed E-state index contributed by atoms with van der Waals surface area (Å²) in [5.41, 5.74) is -0.778. The lowest BCUT2D eigenvalue weighted by atomic mass is 10.1. The van der Waals surface area contributed by atoms with Crippen molar-refractivity contribution in [3.63, 3.8) is 0 Å². The Morgan fingerprint density at radius 3 is 2.41 bits per heavy atom. The Kier molecular flexibility index (Phi) is 2.44. The maximum atomic E-state index is 12.4. The van der Waals surface area contributed by atoms with Crippen LogP contribution in [-0.4, -0.2) is 18.0 Å². The summed E-state index contributed by atoms with van der Waals surface area (Å²) in [7, 11) is -4.55. The molecule has 0 radical (unpaired) electrons. The second-order valence-electron chi connectivity index (χ2n) is 3.39. The number of rotatable bonds is 1. The molecule has 0 spiro atoms. The van der Waals surface area contributed by atoms with Crippen LogP contribution in [0.25, 0.3) is 10.9 Å². The van der Waals surface area contributed by atoms with Gasteiger partial charge in [0.25, 0.3) is 10.1 Å². The number of H-pyrrole nitrogens is 1. The van der Waals surface area contributed by atoms with Gasteiger partial charge in [0.05, 0.1) is 5.56 Å². The molecule has 2 N–H and O–H groups in total. The van der Waals surface area contributed by atoms with Gasteiger partial charge in [0.1, 0.15) is 4.90 Å². The lowest BCUT2D eigenvalue weighted by Gasteiger charge is -2.06. The highest BCUT2D eigenvalue weighted by Gasteiger charge is 2.31. The van der Waals surface area contributed by atoms with Gasteiger partial charge in [0.15, 0.2) is 0 Å². The van der Waals surface area contributed by atoms with E-state index in [-0.39, 0.29) is 10.9 Å². The molecular formula is C9H6F3NO3S. The van der Waals surface area contributed by atoms with Gasteiger partial charge in [-0.3, -0.25) is 4.55 Å². The number of nitrogens with one attached hydrogen (secondary N) is 1. The molecule has 8 heteroatoms. The van der Waals surface area contributed by atoms with Crippen molar-refractivity contribution in [2.24, 2.45) is 0 Å². The Balaban J connectivity index is 2.76. The lowest BCUT2D eigenvalue weighted by molar-refractivity contribution is -0.137. The van der Waals surface area contributed by atoms with Gasteiger partial charge in [0, 0.05) is 17.1 Å². The van der Waals surface area contributed by atoms with Gasteiger partial charge >= 0.3 is 6.18 Å². The lowest BCUT2D eigenvalue weighted by Crippen LogP contribution is -2.04. The van der Waals surface area contributed by atoms with Crippen molar-refractivity contribution in [1.29, 1.82) is 0 Å². The van der Waals surface area contributed by atoms with E-state index in [1.807, 2.05) is 0 Å². The second-order valence-corrected chi connectivity index (χ2v) is 4.78. The van der Waals surface area contributed by atoms with Gasteiger partial charge in [-0.05, 0) is 18.2 Å². The molecule has 4 nitrogen and oxygen atoms in total. The third-order valence-electron chi connectivity index (χ3n) is 2.25. The van der Waals surface area contributed by atoms with Crippen LogP contribution in [0.15, 0.2) is 29.3 Å². The van der Waals surface area contributed by atoms with E-state index in [9.17, 15) is 21.6 Å². The molecule has 0 aliphatic rings. The number of hydrogen-bond donors (Lipinski definition) is 2. The van der Waals surface area contributed by atoms with Crippen molar-refractivity contribution in [3.05, 3.63) is 30.0 Å². The fourth-order valence-electron chi connectivity index (χ4n) is 1.48. The quantitative estimate of drug-likeness (QED) is 0.778. The van der Waals surface area contributed by atoms with Crippen molar-refractivity contribution >= 4 is 21.0 Å². The number of fused-ring (bicyclic) bond motifs is 1. The normalized spacial score (nSPS) is 13.2. The van der Waals surface area contributed by atoms with Crippen LogP contribution >= 0.6 is 0 Å². The summed E-state index contributed by atoms with van der Waals surface area (Å²) in [4.78, 5) is 1.90. The second kappa shape index (κ2) is 3.47. The van der Waals surface area contributed by atoms with Gasteiger partial charge in [-0.25, -0.2) is 0 Å². The van der Waals surface area contributed by atoms with E-state index in [2.05, 4.69) is 4.98 Å². The number of halogens is 3. The minimum atomic E-state index is -4.57. The van der Waals surface area contributed by atoms with Crippen LogP contribution in [0.4, 0.5) is 13.2 Å². The molecule has 2 rings (SSSR count). The molecule has 92 valence electrons. The van der Waals surface area contributed by atoms with Crippen LogP contribution in [0.2, 0.25) is 0 Å². The van der Waals surface area contributed by atoms with E-state index in [4.69, 9.17) is 4.55 Å². The highest BCUT2D eigenvalue weighted by Crippen LogP contribution is 2.33. The van der Waals surface area contributed by atoms with E-state index >= 15 is 0 Å². The molecular weight excluding hydrogens is 259 g/mol. The number of aromatic amines is 1. The first kappa shape index (κ1) is 11.9. The molecule has 0 atom stereocenters. The van der Waals surface area contributed by atoms with Crippen LogP contribution < -0.4 is 0 Å². The maximum Gasteiger partial charge on any atom is 0.416 e. The maximum absolute atomic E-state index is 12.4. The van der Waals surface area contributed by atoms with Crippen molar-refractivity contribution < 1.29 is 26.1 Å². The number of benzene rings is 1. The van der Waals surface area contributed by atoms with Gasteiger partial charge < -0.3 is 4.98 Å². The first-order valence-electron chi connectivity index (χ1n) is 4.35. The third kappa shape index (κ3) is 2.13. The van der Waals surface area contributed by atoms with E-state index in [0.29, 0.717) is 6.07 Å². The summed E-state index contributed by atoms with van der Waals surface area (Å²) in [5.74, 6) is 0. The largest absolute Gasteiger partial charge is 0.416 e. The molecule has 2 aromatic rings. The van der Waals surface area contributed by atoms with Gasteiger partial charge in [-0.2, -0.15) is 21.6 Å².